The van der Waals surface area contributed by atoms with Gasteiger partial charge in [0.1, 0.15) is 0 Å². The molecule has 5 heteroatoms. The van der Waals surface area contributed by atoms with Crippen molar-refractivity contribution in [1.29, 1.82) is 5.26 Å². The molecule has 0 aliphatic heterocycles. The van der Waals surface area contributed by atoms with Crippen LogP contribution in [0.4, 0.5) is 13.2 Å². The van der Waals surface area contributed by atoms with E-state index in [0.29, 0.717) is 18.4 Å². The first-order valence-electron chi connectivity index (χ1n) is 6.65. The molecule has 108 valence electrons. The molecule has 1 fully saturated rings. The van der Waals surface area contributed by atoms with Gasteiger partial charge in [-0.2, -0.15) is 18.4 Å². The highest BCUT2D eigenvalue weighted by Crippen LogP contribution is 2.45. The Morgan fingerprint density at radius 2 is 1.65 bits per heavy atom. The van der Waals surface area contributed by atoms with E-state index in [1.54, 1.807) is 0 Å². The molecule has 1 aromatic carbocycles. The Kier molecular flexibility index (Phi) is 4.05. The number of halogens is 3. The lowest BCUT2D eigenvalue weighted by molar-refractivity contribution is -0.137. The van der Waals surface area contributed by atoms with Crippen LogP contribution in [0.25, 0.3) is 0 Å². The molecule has 1 aliphatic carbocycles. The standard InChI is InChI=1S/C15H16F3NO/c16-15(17,18)12-6-4-11(5-7-12)13(20)14(10-19)8-2-1-3-9-14/h4-7,13,20H,1-3,8-9H2. The molecule has 2 rings (SSSR count). The summed E-state index contributed by atoms with van der Waals surface area (Å²) in [7, 11) is 0. The molecule has 0 heterocycles. The van der Waals surface area contributed by atoms with Crippen LogP contribution in [0, 0.1) is 16.7 Å². The number of alkyl halides is 3. The summed E-state index contributed by atoms with van der Waals surface area (Å²) >= 11 is 0. The van der Waals surface area contributed by atoms with Crippen LogP contribution in [0.3, 0.4) is 0 Å². The summed E-state index contributed by atoms with van der Waals surface area (Å²) in [4.78, 5) is 0. The highest BCUT2D eigenvalue weighted by atomic mass is 19.4. The minimum atomic E-state index is -4.39. The average molecular weight is 283 g/mol. The van der Waals surface area contributed by atoms with Gasteiger partial charge in [0.15, 0.2) is 0 Å². The predicted octanol–water partition coefficient (Wildman–Crippen LogP) is 4.21. The number of rotatable bonds is 2. The van der Waals surface area contributed by atoms with Crippen LogP contribution in [-0.4, -0.2) is 5.11 Å². The van der Waals surface area contributed by atoms with E-state index in [1.807, 2.05) is 0 Å². The fourth-order valence-electron chi connectivity index (χ4n) is 2.80. The second-order valence-electron chi connectivity index (χ2n) is 5.35. The lowest BCUT2D eigenvalue weighted by atomic mass is 9.69. The van der Waals surface area contributed by atoms with E-state index in [9.17, 15) is 23.5 Å². The maximum absolute atomic E-state index is 12.5. The lowest BCUT2D eigenvalue weighted by Crippen LogP contribution is -2.30. The van der Waals surface area contributed by atoms with Crippen molar-refractivity contribution >= 4 is 0 Å². The number of aliphatic hydroxyl groups excluding tert-OH is 1. The topological polar surface area (TPSA) is 44.0 Å². The quantitative estimate of drug-likeness (QED) is 0.883. The monoisotopic (exact) mass is 283 g/mol. The van der Waals surface area contributed by atoms with Gasteiger partial charge in [0.05, 0.1) is 23.2 Å². The fraction of sp³-hybridized carbons (Fsp3) is 0.533. The third kappa shape index (κ3) is 2.80. The molecule has 1 aliphatic rings. The summed E-state index contributed by atoms with van der Waals surface area (Å²) < 4.78 is 37.5. The Morgan fingerprint density at radius 3 is 2.10 bits per heavy atom. The molecule has 0 radical (unpaired) electrons. The molecular weight excluding hydrogens is 267 g/mol. The minimum absolute atomic E-state index is 0.376. The number of benzene rings is 1. The summed E-state index contributed by atoms with van der Waals surface area (Å²) in [6.45, 7) is 0. The smallest absolute Gasteiger partial charge is 0.387 e. The fourth-order valence-corrected chi connectivity index (χ4v) is 2.80. The molecule has 20 heavy (non-hydrogen) atoms. The van der Waals surface area contributed by atoms with Crippen molar-refractivity contribution in [3.05, 3.63) is 35.4 Å². The molecule has 0 saturated heterocycles. The maximum Gasteiger partial charge on any atom is 0.416 e. The molecule has 0 amide bonds. The molecule has 0 spiro atoms. The largest absolute Gasteiger partial charge is 0.416 e. The van der Waals surface area contributed by atoms with Gasteiger partial charge in [-0.05, 0) is 30.5 Å². The SMILES string of the molecule is N#CC1(C(O)c2ccc(C(F)(F)F)cc2)CCCCC1. The molecule has 1 unspecified atom stereocenters. The van der Waals surface area contributed by atoms with Gasteiger partial charge in [0, 0.05) is 0 Å². The van der Waals surface area contributed by atoms with Gasteiger partial charge in [-0.1, -0.05) is 31.4 Å². The van der Waals surface area contributed by atoms with E-state index in [1.165, 1.54) is 12.1 Å². The predicted molar refractivity (Wildman–Crippen MR) is 67.5 cm³/mol. The van der Waals surface area contributed by atoms with E-state index in [2.05, 4.69) is 6.07 Å². The highest BCUT2D eigenvalue weighted by molar-refractivity contribution is 5.28. The molecule has 1 saturated carbocycles. The zero-order chi connectivity index (χ0) is 14.8. The van der Waals surface area contributed by atoms with E-state index in [0.717, 1.165) is 31.4 Å². The summed E-state index contributed by atoms with van der Waals surface area (Å²) in [5.41, 5.74) is -1.23. The van der Waals surface area contributed by atoms with Gasteiger partial charge in [0.25, 0.3) is 0 Å². The molecule has 0 aromatic heterocycles. The number of nitrogens with zero attached hydrogens (tertiary/aromatic N) is 1. The Labute approximate surface area is 115 Å². The van der Waals surface area contributed by atoms with Crippen molar-refractivity contribution < 1.29 is 18.3 Å². The molecule has 0 bridgehead atoms. The number of nitriles is 1. The summed E-state index contributed by atoms with van der Waals surface area (Å²) in [5.74, 6) is 0. The van der Waals surface area contributed by atoms with Crippen LogP contribution in [0.15, 0.2) is 24.3 Å². The van der Waals surface area contributed by atoms with Crippen LogP contribution >= 0.6 is 0 Å². The first-order chi connectivity index (χ1) is 9.39. The van der Waals surface area contributed by atoms with Crippen LogP contribution in [-0.2, 0) is 6.18 Å². The normalized spacial score (nSPS) is 20.1. The second-order valence-corrected chi connectivity index (χ2v) is 5.35. The van der Waals surface area contributed by atoms with Crippen molar-refractivity contribution in [3.8, 4) is 6.07 Å². The summed E-state index contributed by atoms with van der Waals surface area (Å²) in [6.07, 6.45) is -1.48. The Morgan fingerprint density at radius 1 is 1.10 bits per heavy atom. The first kappa shape index (κ1) is 14.9. The minimum Gasteiger partial charge on any atom is -0.387 e. The summed E-state index contributed by atoms with van der Waals surface area (Å²) in [6, 6.07) is 6.62. The first-order valence-corrected chi connectivity index (χ1v) is 6.65. The number of aliphatic hydroxyl groups is 1. The number of hydrogen-bond donors (Lipinski definition) is 1. The van der Waals surface area contributed by atoms with Crippen LogP contribution in [0.1, 0.15) is 49.3 Å². The van der Waals surface area contributed by atoms with Crippen molar-refractivity contribution in [1.82, 2.24) is 0 Å². The molecule has 2 nitrogen and oxygen atoms in total. The van der Waals surface area contributed by atoms with Gasteiger partial charge in [-0.15, -0.1) is 0 Å². The maximum atomic E-state index is 12.5. The van der Waals surface area contributed by atoms with Gasteiger partial charge in [-0.3, -0.25) is 0 Å². The van der Waals surface area contributed by atoms with Crippen molar-refractivity contribution in [2.24, 2.45) is 5.41 Å². The van der Waals surface area contributed by atoms with Crippen molar-refractivity contribution in [3.63, 3.8) is 0 Å². The zero-order valence-corrected chi connectivity index (χ0v) is 11.0. The van der Waals surface area contributed by atoms with Gasteiger partial charge >= 0.3 is 6.18 Å². The molecule has 1 atom stereocenters. The zero-order valence-electron chi connectivity index (χ0n) is 11.0. The second kappa shape index (κ2) is 5.45. The van der Waals surface area contributed by atoms with E-state index >= 15 is 0 Å². The Balaban J connectivity index is 2.24. The van der Waals surface area contributed by atoms with E-state index < -0.39 is 23.3 Å². The molecular formula is C15H16F3NO. The van der Waals surface area contributed by atoms with Crippen LogP contribution < -0.4 is 0 Å². The highest BCUT2D eigenvalue weighted by Gasteiger charge is 2.40. The molecule has 1 aromatic rings. The van der Waals surface area contributed by atoms with Crippen LogP contribution in [0.5, 0.6) is 0 Å². The van der Waals surface area contributed by atoms with Gasteiger partial charge in [0.2, 0.25) is 0 Å². The Hall–Kier alpha value is -1.54. The van der Waals surface area contributed by atoms with Crippen molar-refractivity contribution in [2.75, 3.05) is 0 Å². The lowest BCUT2D eigenvalue weighted by Gasteiger charge is -2.35. The summed E-state index contributed by atoms with van der Waals surface area (Å²) in [5, 5.41) is 19.8. The third-order valence-electron chi connectivity index (χ3n) is 4.05. The third-order valence-corrected chi connectivity index (χ3v) is 4.05. The molecule has 1 N–H and O–H groups in total. The van der Waals surface area contributed by atoms with E-state index in [4.69, 9.17) is 0 Å². The Bertz CT molecular complexity index is 495. The van der Waals surface area contributed by atoms with Gasteiger partial charge in [-0.25, -0.2) is 0 Å². The van der Waals surface area contributed by atoms with Gasteiger partial charge < -0.3 is 5.11 Å². The van der Waals surface area contributed by atoms with Crippen molar-refractivity contribution in [2.45, 2.75) is 44.4 Å². The van der Waals surface area contributed by atoms with Crippen LogP contribution in [0.2, 0.25) is 0 Å². The average Bonchev–Trinajstić information content (AvgIpc) is 2.46. The van der Waals surface area contributed by atoms with E-state index in [-0.39, 0.29) is 0 Å². The number of hydrogen-bond acceptors (Lipinski definition) is 2.